The molecule has 0 aromatic rings. The average Bonchev–Trinajstić information content (AvgIpc) is 3.23. The number of fused-ring (bicyclic) bond motifs is 1. The molecule has 1 aliphatic heterocycles. The zero-order valence-corrected chi connectivity index (χ0v) is 26.4. The molecule has 0 amide bonds. The van der Waals surface area contributed by atoms with Gasteiger partial charge in [0.15, 0.2) is 0 Å². The zero-order valence-electron chi connectivity index (χ0n) is 23.6. The summed E-state index contributed by atoms with van der Waals surface area (Å²) in [5, 5.41) is 0. The fraction of sp³-hybridized carbons (Fsp3) is 0.774. The van der Waals surface area contributed by atoms with Gasteiger partial charge in [-0.05, 0) is 0 Å². The Morgan fingerprint density at radius 2 is 1.65 bits per heavy atom. The van der Waals surface area contributed by atoms with Gasteiger partial charge in [-0.1, -0.05) is 0 Å². The summed E-state index contributed by atoms with van der Waals surface area (Å²) in [5.74, 6) is 2.92. The number of hydrogen-bond donors (Lipinski definition) is 0. The summed E-state index contributed by atoms with van der Waals surface area (Å²) in [5.41, 5.74) is 3.71. The van der Waals surface area contributed by atoms with Crippen LogP contribution in [0.2, 0.25) is 13.3 Å². The molecule has 0 aromatic carbocycles. The quantitative estimate of drug-likeness (QED) is 0.213. The molecule has 2 nitrogen and oxygen atoms in total. The molecule has 0 bridgehead atoms. The van der Waals surface area contributed by atoms with E-state index in [2.05, 4.69) is 53.7 Å². The van der Waals surface area contributed by atoms with E-state index < -0.39 is 18.4 Å². The van der Waals surface area contributed by atoms with Gasteiger partial charge in [0, 0.05) is 0 Å². The van der Waals surface area contributed by atoms with Crippen LogP contribution in [0.5, 0.6) is 0 Å². The van der Waals surface area contributed by atoms with Crippen LogP contribution in [0.1, 0.15) is 112 Å². The van der Waals surface area contributed by atoms with Crippen molar-refractivity contribution in [1.29, 1.82) is 0 Å². The summed E-state index contributed by atoms with van der Waals surface area (Å²) in [6, 6.07) is 0. The van der Waals surface area contributed by atoms with Crippen LogP contribution >= 0.6 is 0 Å². The predicted molar refractivity (Wildman–Crippen MR) is 152 cm³/mol. The Kier molecular flexibility index (Phi) is 10.4. The Hall–Kier alpha value is -0.511. The minimum absolute atomic E-state index is 0.0108. The van der Waals surface area contributed by atoms with Crippen LogP contribution in [0.4, 0.5) is 0 Å². The van der Waals surface area contributed by atoms with Gasteiger partial charge in [-0.3, -0.25) is 0 Å². The van der Waals surface area contributed by atoms with E-state index in [4.69, 9.17) is 9.73 Å². The maximum atomic E-state index is 5.90. The van der Waals surface area contributed by atoms with Crippen molar-refractivity contribution in [3.63, 3.8) is 0 Å². The Bertz CT molecular complexity index is 796. The molecule has 3 rings (SSSR count). The van der Waals surface area contributed by atoms with Crippen LogP contribution in [-0.2, 0) is 4.74 Å². The van der Waals surface area contributed by atoms with Crippen molar-refractivity contribution in [2.24, 2.45) is 22.2 Å². The molecule has 192 valence electrons. The standard InChI is InChI=1S/C13H16NO.C10H19.2C4H9.Sn/c1-13(2,3)12-11(15-4)9-7-5-6-8-10(9)14-12;1-3-9(2)10-7-5-4-6-8-10;2*1-3-4-2;/h5,7H,8H2,1-4H3;9-10H,1,3-8H2,2H3;2*1,3-4H2,2H3;. The molecule has 0 aromatic heterocycles. The first-order chi connectivity index (χ1) is 16.3. The van der Waals surface area contributed by atoms with Crippen LogP contribution in [0.15, 0.2) is 37.8 Å². The second kappa shape index (κ2) is 12.6. The summed E-state index contributed by atoms with van der Waals surface area (Å²) in [7, 11) is 1.82. The van der Waals surface area contributed by atoms with Gasteiger partial charge in [-0.15, -0.1) is 0 Å². The average molecular weight is 574 g/mol. The molecule has 1 atom stereocenters. The summed E-state index contributed by atoms with van der Waals surface area (Å²) >= 11 is -2.51. The predicted octanol–water partition coefficient (Wildman–Crippen LogP) is 9.80. The van der Waals surface area contributed by atoms with Gasteiger partial charge in [-0.25, -0.2) is 0 Å². The Labute approximate surface area is 215 Å². The molecule has 1 fully saturated rings. The van der Waals surface area contributed by atoms with Crippen molar-refractivity contribution in [2.45, 2.75) is 125 Å². The molecule has 3 heteroatoms. The van der Waals surface area contributed by atoms with Crippen molar-refractivity contribution in [2.75, 3.05) is 7.11 Å². The second-order valence-corrected chi connectivity index (χ2v) is 26.0. The number of rotatable bonds is 12. The van der Waals surface area contributed by atoms with Crippen LogP contribution in [-0.4, -0.2) is 31.2 Å². The fourth-order valence-corrected chi connectivity index (χ4v) is 23.1. The third kappa shape index (κ3) is 6.62. The van der Waals surface area contributed by atoms with Gasteiger partial charge in [-0.2, -0.15) is 0 Å². The van der Waals surface area contributed by atoms with Crippen LogP contribution in [0, 0.1) is 17.3 Å². The summed E-state index contributed by atoms with van der Waals surface area (Å²) in [6.07, 6.45) is 20.4. The topological polar surface area (TPSA) is 21.6 Å². The number of ether oxygens (including phenoxy) is 1. The van der Waals surface area contributed by atoms with Gasteiger partial charge in [0.1, 0.15) is 0 Å². The molecule has 3 aliphatic rings. The van der Waals surface area contributed by atoms with Gasteiger partial charge >= 0.3 is 216 Å². The first-order valence-corrected chi connectivity index (χ1v) is 22.0. The molecule has 0 spiro atoms. The van der Waals surface area contributed by atoms with Gasteiger partial charge in [0.25, 0.3) is 0 Å². The number of methoxy groups -OCH3 is 1. The van der Waals surface area contributed by atoms with Crippen molar-refractivity contribution in [3.05, 3.63) is 32.8 Å². The third-order valence-corrected chi connectivity index (χ3v) is 24.9. The normalized spacial score (nSPS) is 20.6. The minimum atomic E-state index is -2.51. The van der Waals surface area contributed by atoms with E-state index >= 15 is 0 Å². The van der Waals surface area contributed by atoms with E-state index in [1.165, 1.54) is 75.5 Å². The molecule has 34 heavy (non-hydrogen) atoms. The number of nitrogens with zero attached hydrogens (tertiary/aromatic N) is 1. The Morgan fingerprint density at radius 3 is 2.21 bits per heavy atom. The van der Waals surface area contributed by atoms with Gasteiger partial charge in [0.05, 0.1) is 0 Å². The summed E-state index contributed by atoms with van der Waals surface area (Å²) in [6.45, 7) is 14.1. The fourth-order valence-electron chi connectivity index (χ4n) is 6.64. The maximum absolute atomic E-state index is 5.90. The third-order valence-electron chi connectivity index (χ3n) is 8.97. The molecular weight excluding hydrogens is 521 g/mol. The molecule has 1 unspecified atom stereocenters. The molecule has 0 radical (unpaired) electrons. The number of allylic oxidation sites excluding steroid dienone is 5. The zero-order chi connectivity index (χ0) is 24.8. The van der Waals surface area contributed by atoms with Crippen molar-refractivity contribution >= 4 is 24.1 Å². The van der Waals surface area contributed by atoms with Crippen molar-refractivity contribution in [3.8, 4) is 0 Å². The van der Waals surface area contributed by atoms with Crippen molar-refractivity contribution < 1.29 is 4.74 Å². The summed E-state index contributed by atoms with van der Waals surface area (Å²) < 4.78 is 12.4. The molecule has 0 saturated heterocycles. The number of aliphatic imine (C=N–C) groups is 1. The summed E-state index contributed by atoms with van der Waals surface area (Å²) in [4.78, 5) is 5.22. The Balaban J connectivity index is 1.87. The number of hydrogen-bond acceptors (Lipinski definition) is 2. The second-order valence-electron chi connectivity index (χ2n) is 12.5. The van der Waals surface area contributed by atoms with E-state index in [-0.39, 0.29) is 5.41 Å². The van der Waals surface area contributed by atoms with Crippen LogP contribution < -0.4 is 0 Å². The number of unbranched alkanes of at least 4 members (excludes halogenated alkanes) is 2. The van der Waals surface area contributed by atoms with Crippen LogP contribution in [0.25, 0.3) is 0 Å². The SMILES string of the molecule is CCC[CH2][Sn]([CH2]CCC)([CH2]CC(C)C1CCCCC1)[C]1=CC=C2C(=NC(C(C)(C)C)=C2OC)C1. The van der Waals surface area contributed by atoms with Gasteiger partial charge in [0.2, 0.25) is 0 Å². The van der Waals surface area contributed by atoms with Crippen molar-refractivity contribution in [1.82, 2.24) is 0 Å². The van der Waals surface area contributed by atoms with Gasteiger partial charge < -0.3 is 0 Å². The van der Waals surface area contributed by atoms with E-state index in [1.807, 2.05) is 10.7 Å². The monoisotopic (exact) mass is 575 g/mol. The van der Waals surface area contributed by atoms with E-state index in [9.17, 15) is 0 Å². The van der Waals surface area contributed by atoms with E-state index in [1.54, 1.807) is 13.3 Å². The Morgan fingerprint density at radius 1 is 1.00 bits per heavy atom. The molecule has 0 N–H and O–H groups in total. The van der Waals surface area contributed by atoms with Crippen LogP contribution in [0.3, 0.4) is 0 Å². The first kappa shape index (κ1) is 28.1. The van der Waals surface area contributed by atoms with E-state index in [0.717, 1.165) is 29.7 Å². The molecular formula is C31H53NOSn. The molecule has 1 saturated carbocycles. The first-order valence-electron chi connectivity index (χ1n) is 14.5. The molecule has 1 heterocycles. The molecule has 2 aliphatic carbocycles. The van der Waals surface area contributed by atoms with E-state index in [0.29, 0.717) is 0 Å².